The van der Waals surface area contributed by atoms with Crippen LogP contribution in [0.1, 0.15) is 25.8 Å². The Morgan fingerprint density at radius 2 is 1.92 bits per heavy atom. The first-order valence-electron chi connectivity index (χ1n) is 4.76. The quantitative estimate of drug-likeness (QED) is 0.603. The van der Waals surface area contributed by atoms with Gasteiger partial charge in [-0.2, -0.15) is 0 Å². The molecule has 1 aromatic carbocycles. The van der Waals surface area contributed by atoms with Crippen LogP contribution in [0.4, 0.5) is 0 Å². The van der Waals surface area contributed by atoms with Gasteiger partial charge in [0, 0.05) is 0 Å². The molecule has 0 spiro atoms. The largest absolute Gasteiger partial charge is 0.0871 e. The van der Waals surface area contributed by atoms with Crippen LogP contribution in [0.15, 0.2) is 48.6 Å². The average molecular weight is 172 g/mol. The second-order valence-electron chi connectivity index (χ2n) is 2.93. The number of rotatable bonds is 3. The summed E-state index contributed by atoms with van der Waals surface area (Å²) >= 11 is 0. The lowest BCUT2D eigenvalue weighted by molar-refractivity contribution is 1.23. The van der Waals surface area contributed by atoms with Crippen LogP contribution < -0.4 is 0 Å². The molecule has 0 amide bonds. The van der Waals surface area contributed by atoms with E-state index in [1.807, 2.05) is 13.0 Å². The molecule has 1 aromatic rings. The fraction of sp³-hybridized carbons (Fsp3) is 0.231. The van der Waals surface area contributed by atoms with E-state index in [1.165, 1.54) is 11.1 Å². The van der Waals surface area contributed by atoms with E-state index >= 15 is 0 Å². The summed E-state index contributed by atoms with van der Waals surface area (Å²) in [6.45, 7) is 4.21. The molecule has 0 N–H and O–H groups in total. The smallest absolute Gasteiger partial charge is 0.0187 e. The summed E-state index contributed by atoms with van der Waals surface area (Å²) in [6, 6.07) is 10.5. The van der Waals surface area contributed by atoms with Gasteiger partial charge in [-0.15, -0.1) is 0 Å². The van der Waals surface area contributed by atoms with Gasteiger partial charge in [0.05, 0.1) is 0 Å². The van der Waals surface area contributed by atoms with E-state index in [4.69, 9.17) is 0 Å². The first-order chi connectivity index (χ1) is 6.38. The molecule has 0 saturated heterocycles. The highest BCUT2D eigenvalue weighted by Gasteiger charge is 1.93. The number of hydrogen-bond donors (Lipinski definition) is 0. The van der Waals surface area contributed by atoms with Crippen molar-refractivity contribution in [3.8, 4) is 0 Å². The molecule has 13 heavy (non-hydrogen) atoms. The predicted molar refractivity (Wildman–Crippen MR) is 59.5 cm³/mol. The molecule has 0 nitrogen and oxygen atoms in total. The SMILES string of the molecule is C/C=C\C(=C/CC)c1ccccc1. The number of hydrogen-bond acceptors (Lipinski definition) is 0. The van der Waals surface area contributed by atoms with E-state index < -0.39 is 0 Å². The van der Waals surface area contributed by atoms with Gasteiger partial charge in [-0.25, -0.2) is 0 Å². The summed E-state index contributed by atoms with van der Waals surface area (Å²) < 4.78 is 0. The van der Waals surface area contributed by atoms with Gasteiger partial charge in [0.25, 0.3) is 0 Å². The predicted octanol–water partition coefficient (Wildman–Crippen LogP) is 4.06. The molecule has 0 fully saturated rings. The maximum Gasteiger partial charge on any atom is -0.0187 e. The van der Waals surface area contributed by atoms with Gasteiger partial charge in [0.2, 0.25) is 0 Å². The van der Waals surface area contributed by atoms with Crippen molar-refractivity contribution >= 4 is 5.57 Å². The standard InChI is InChI=1S/C13H16/c1-3-8-12(9-4-2)13-10-6-5-7-11-13/h3,5-11H,4H2,1-2H3/b8-3-,12-9+. The Morgan fingerprint density at radius 1 is 1.23 bits per heavy atom. The monoisotopic (exact) mass is 172 g/mol. The number of allylic oxidation sites excluding steroid dienone is 4. The third kappa shape index (κ3) is 2.90. The van der Waals surface area contributed by atoms with Crippen molar-refractivity contribution in [2.45, 2.75) is 20.3 Å². The zero-order valence-corrected chi connectivity index (χ0v) is 8.33. The maximum atomic E-state index is 2.25. The summed E-state index contributed by atoms with van der Waals surface area (Å²) in [5.41, 5.74) is 2.60. The van der Waals surface area contributed by atoms with Gasteiger partial charge in [0.15, 0.2) is 0 Å². The van der Waals surface area contributed by atoms with Crippen molar-refractivity contribution < 1.29 is 0 Å². The van der Waals surface area contributed by atoms with Gasteiger partial charge < -0.3 is 0 Å². The van der Waals surface area contributed by atoms with Crippen molar-refractivity contribution in [2.24, 2.45) is 0 Å². The topological polar surface area (TPSA) is 0 Å². The van der Waals surface area contributed by atoms with Gasteiger partial charge in [-0.3, -0.25) is 0 Å². The minimum atomic E-state index is 1.08. The zero-order chi connectivity index (χ0) is 9.52. The lowest BCUT2D eigenvalue weighted by Crippen LogP contribution is -1.79. The van der Waals surface area contributed by atoms with Crippen molar-refractivity contribution in [3.63, 3.8) is 0 Å². The Kier molecular flexibility index (Phi) is 4.04. The van der Waals surface area contributed by atoms with Gasteiger partial charge in [-0.1, -0.05) is 55.5 Å². The van der Waals surface area contributed by atoms with Crippen LogP contribution in [0.2, 0.25) is 0 Å². The van der Waals surface area contributed by atoms with Crippen LogP contribution in [0.5, 0.6) is 0 Å². The van der Waals surface area contributed by atoms with E-state index in [-0.39, 0.29) is 0 Å². The third-order valence-electron chi connectivity index (χ3n) is 1.88. The molecule has 0 unspecified atom stereocenters. The van der Waals surface area contributed by atoms with E-state index in [0.717, 1.165) is 6.42 Å². The molecule has 0 aromatic heterocycles. The summed E-state index contributed by atoms with van der Waals surface area (Å²) in [7, 11) is 0. The van der Waals surface area contributed by atoms with Gasteiger partial charge in [0.1, 0.15) is 0 Å². The molecule has 0 heterocycles. The lowest BCUT2D eigenvalue weighted by atomic mass is 10.0. The van der Waals surface area contributed by atoms with Crippen molar-refractivity contribution in [1.29, 1.82) is 0 Å². The van der Waals surface area contributed by atoms with Crippen LogP contribution in [0, 0.1) is 0 Å². The highest BCUT2D eigenvalue weighted by molar-refractivity contribution is 5.73. The van der Waals surface area contributed by atoms with E-state index in [0.29, 0.717) is 0 Å². The van der Waals surface area contributed by atoms with Gasteiger partial charge >= 0.3 is 0 Å². The zero-order valence-electron chi connectivity index (χ0n) is 8.33. The lowest BCUT2D eigenvalue weighted by Gasteiger charge is -2.00. The first-order valence-corrected chi connectivity index (χ1v) is 4.76. The number of benzene rings is 1. The van der Waals surface area contributed by atoms with Crippen molar-refractivity contribution in [3.05, 3.63) is 54.1 Å². The molecular weight excluding hydrogens is 156 g/mol. The molecule has 0 atom stereocenters. The third-order valence-corrected chi connectivity index (χ3v) is 1.88. The fourth-order valence-corrected chi connectivity index (χ4v) is 1.31. The van der Waals surface area contributed by atoms with Crippen LogP contribution in [-0.2, 0) is 0 Å². The molecule has 0 aliphatic rings. The summed E-state index contributed by atoms with van der Waals surface area (Å²) in [6.07, 6.45) is 7.55. The van der Waals surface area contributed by atoms with Crippen molar-refractivity contribution in [2.75, 3.05) is 0 Å². The van der Waals surface area contributed by atoms with E-state index in [2.05, 4.69) is 49.4 Å². The Labute approximate surface area is 80.6 Å². The molecule has 1 rings (SSSR count). The Morgan fingerprint density at radius 3 is 2.46 bits per heavy atom. The first kappa shape index (κ1) is 9.79. The van der Waals surface area contributed by atoms with Crippen LogP contribution in [-0.4, -0.2) is 0 Å². The molecule has 68 valence electrons. The summed E-state index contributed by atoms with van der Waals surface area (Å²) in [4.78, 5) is 0. The van der Waals surface area contributed by atoms with Crippen LogP contribution in [0.25, 0.3) is 5.57 Å². The minimum absolute atomic E-state index is 1.08. The Balaban J connectivity index is 2.96. The van der Waals surface area contributed by atoms with E-state index in [9.17, 15) is 0 Å². The normalized spacial score (nSPS) is 12.3. The van der Waals surface area contributed by atoms with Crippen LogP contribution in [0.3, 0.4) is 0 Å². The highest BCUT2D eigenvalue weighted by Crippen LogP contribution is 2.15. The fourth-order valence-electron chi connectivity index (χ4n) is 1.31. The summed E-state index contributed by atoms with van der Waals surface area (Å²) in [5.74, 6) is 0. The van der Waals surface area contributed by atoms with E-state index in [1.54, 1.807) is 0 Å². The van der Waals surface area contributed by atoms with Crippen molar-refractivity contribution in [1.82, 2.24) is 0 Å². The second-order valence-corrected chi connectivity index (χ2v) is 2.93. The highest BCUT2D eigenvalue weighted by atomic mass is 14.0. The molecule has 0 aliphatic heterocycles. The van der Waals surface area contributed by atoms with Gasteiger partial charge in [-0.05, 0) is 24.5 Å². The van der Waals surface area contributed by atoms with Crippen LogP contribution >= 0.6 is 0 Å². The molecular formula is C13H16. The molecule has 0 saturated carbocycles. The molecule has 0 bridgehead atoms. The average Bonchev–Trinajstić information content (AvgIpc) is 2.19. The second kappa shape index (κ2) is 5.36. The molecule has 0 aliphatic carbocycles. The molecule has 0 heteroatoms. The summed E-state index contributed by atoms with van der Waals surface area (Å²) in [5, 5.41) is 0. The minimum Gasteiger partial charge on any atom is -0.0871 e. The Hall–Kier alpha value is -1.30. The maximum absolute atomic E-state index is 2.25. The molecule has 0 radical (unpaired) electrons. The Bertz CT molecular complexity index is 291.